The summed E-state index contributed by atoms with van der Waals surface area (Å²) in [5.74, 6) is 6.04. The van der Waals surface area contributed by atoms with Gasteiger partial charge in [0.05, 0.1) is 6.61 Å². The summed E-state index contributed by atoms with van der Waals surface area (Å²) in [7, 11) is 0. The van der Waals surface area contributed by atoms with Gasteiger partial charge >= 0.3 is 0 Å². The number of benzene rings is 2. The summed E-state index contributed by atoms with van der Waals surface area (Å²) in [4.78, 5) is 5.07. The maximum absolute atomic E-state index is 9.56. The van der Waals surface area contributed by atoms with Crippen LogP contribution in [-0.2, 0) is 13.0 Å². The summed E-state index contributed by atoms with van der Waals surface area (Å²) in [6, 6.07) is 19.5. The monoisotopic (exact) mass is 406 g/mol. The highest BCUT2D eigenvalue weighted by atomic mass is 16.3. The Hall–Kier alpha value is -2.16. The standard InChI is InChI=1S/C26H34N2O2/c29-19-5-4-9-24-11-13-25(14-12-24)21-27-17-18-28(26(22-27)15-20-30)16-6-10-23-7-2-1-3-8-23/h1-3,7-8,11-14,26,29-30H,5-6,10,15-22H2. The van der Waals surface area contributed by atoms with Crippen molar-refractivity contribution in [1.82, 2.24) is 9.80 Å². The highest BCUT2D eigenvalue weighted by molar-refractivity contribution is 5.36. The molecule has 0 aliphatic carbocycles. The van der Waals surface area contributed by atoms with Gasteiger partial charge in [-0.1, -0.05) is 54.3 Å². The van der Waals surface area contributed by atoms with Crippen molar-refractivity contribution >= 4 is 0 Å². The summed E-state index contributed by atoms with van der Waals surface area (Å²) in [6.07, 6.45) is 3.62. The van der Waals surface area contributed by atoms with Gasteiger partial charge in [-0.3, -0.25) is 9.80 Å². The van der Waals surface area contributed by atoms with Gasteiger partial charge in [-0.05, 0) is 49.1 Å². The molecule has 1 aliphatic rings. The molecular weight excluding hydrogens is 372 g/mol. The molecule has 1 unspecified atom stereocenters. The average Bonchev–Trinajstić information content (AvgIpc) is 2.77. The van der Waals surface area contributed by atoms with E-state index in [4.69, 9.17) is 5.11 Å². The molecule has 1 saturated heterocycles. The van der Waals surface area contributed by atoms with Gasteiger partial charge in [-0.25, -0.2) is 0 Å². The van der Waals surface area contributed by atoms with Crippen LogP contribution in [0.4, 0.5) is 0 Å². The Balaban J connectivity index is 1.48. The van der Waals surface area contributed by atoms with Crippen LogP contribution in [0.1, 0.15) is 36.0 Å². The van der Waals surface area contributed by atoms with Crippen molar-refractivity contribution in [1.29, 1.82) is 0 Å². The van der Waals surface area contributed by atoms with Crippen LogP contribution in [0.15, 0.2) is 54.6 Å². The summed E-state index contributed by atoms with van der Waals surface area (Å²) >= 11 is 0. The van der Waals surface area contributed by atoms with Crippen molar-refractivity contribution in [3.05, 3.63) is 71.3 Å². The highest BCUT2D eigenvalue weighted by Crippen LogP contribution is 2.17. The summed E-state index contributed by atoms with van der Waals surface area (Å²) < 4.78 is 0. The Kier molecular flexibility index (Phi) is 9.40. The Morgan fingerprint density at radius 3 is 2.43 bits per heavy atom. The predicted molar refractivity (Wildman–Crippen MR) is 122 cm³/mol. The third kappa shape index (κ3) is 7.27. The maximum Gasteiger partial charge on any atom is 0.0540 e. The lowest BCUT2D eigenvalue weighted by Gasteiger charge is -2.41. The van der Waals surface area contributed by atoms with E-state index in [2.05, 4.69) is 76.2 Å². The number of piperazine rings is 1. The van der Waals surface area contributed by atoms with E-state index in [0.717, 1.165) is 57.5 Å². The molecule has 3 rings (SSSR count). The van der Waals surface area contributed by atoms with Crippen molar-refractivity contribution in [3.8, 4) is 11.8 Å². The minimum atomic E-state index is 0.109. The number of aryl methyl sites for hydroxylation is 1. The number of aliphatic hydroxyl groups excluding tert-OH is 2. The average molecular weight is 407 g/mol. The van der Waals surface area contributed by atoms with E-state index in [0.29, 0.717) is 12.5 Å². The fourth-order valence-corrected chi connectivity index (χ4v) is 4.12. The van der Waals surface area contributed by atoms with E-state index in [9.17, 15) is 5.11 Å². The highest BCUT2D eigenvalue weighted by Gasteiger charge is 2.26. The Morgan fingerprint density at radius 1 is 0.900 bits per heavy atom. The molecule has 1 aliphatic heterocycles. The number of nitrogens with zero attached hydrogens (tertiary/aromatic N) is 2. The molecule has 2 N–H and O–H groups in total. The third-order valence-corrected chi connectivity index (χ3v) is 5.73. The van der Waals surface area contributed by atoms with Crippen LogP contribution in [0, 0.1) is 11.8 Å². The second-order valence-corrected chi connectivity index (χ2v) is 8.00. The molecule has 0 bridgehead atoms. The van der Waals surface area contributed by atoms with Crippen LogP contribution in [0.3, 0.4) is 0 Å². The van der Waals surface area contributed by atoms with Gasteiger partial charge in [-0.2, -0.15) is 0 Å². The zero-order valence-electron chi connectivity index (χ0n) is 17.8. The molecule has 0 spiro atoms. The number of hydrogen-bond donors (Lipinski definition) is 2. The van der Waals surface area contributed by atoms with Crippen LogP contribution < -0.4 is 0 Å². The van der Waals surface area contributed by atoms with E-state index in [1.165, 1.54) is 11.1 Å². The van der Waals surface area contributed by atoms with Gasteiger partial charge in [-0.15, -0.1) is 0 Å². The first-order chi connectivity index (χ1) is 14.8. The topological polar surface area (TPSA) is 46.9 Å². The molecular formula is C26H34N2O2. The molecule has 4 nitrogen and oxygen atoms in total. The first-order valence-electron chi connectivity index (χ1n) is 11.1. The van der Waals surface area contributed by atoms with E-state index < -0.39 is 0 Å². The zero-order chi connectivity index (χ0) is 21.0. The lowest BCUT2D eigenvalue weighted by Crippen LogP contribution is -2.53. The van der Waals surface area contributed by atoms with Crippen LogP contribution in [0.5, 0.6) is 0 Å². The fraction of sp³-hybridized carbons (Fsp3) is 0.462. The molecule has 160 valence electrons. The molecule has 0 amide bonds. The molecule has 0 saturated carbocycles. The molecule has 0 aromatic heterocycles. The minimum Gasteiger partial charge on any atom is -0.396 e. The molecule has 4 heteroatoms. The largest absolute Gasteiger partial charge is 0.396 e. The Bertz CT molecular complexity index is 795. The molecule has 1 fully saturated rings. The number of rotatable bonds is 9. The van der Waals surface area contributed by atoms with Gasteiger partial charge in [0, 0.05) is 50.8 Å². The lowest BCUT2D eigenvalue weighted by molar-refractivity contribution is 0.0547. The molecule has 2 aromatic carbocycles. The third-order valence-electron chi connectivity index (χ3n) is 5.73. The van der Waals surface area contributed by atoms with Crippen molar-refractivity contribution in [3.63, 3.8) is 0 Å². The quantitative estimate of drug-likeness (QED) is 0.629. The Labute approximate surface area is 181 Å². The second-order valence-electron chi connectivity index (χ2n) is 8.00. The van der Waals surface area contributed by atoms with Crippen molar-refractivity contribution in [2.45, 2.75) is 38.3 Å². The van der Waals surface area contributed by atoms with Crippen molar-refractivity contribution in [2.24, 2.45) is 0 Å². The van der Waals surface area contributed by atoms with E-state index >= 15 is 0 Å². The van der Waals surface area contributed by atoms with Gasteiger partial charge in [0.25, 0.3) is 0 Å². The maximum atomic E-state index is 9.56. The van der Waals surface area contributed by atoms with Crippen molar-refractivity contribution in [2.75, 3.05) is 39.4 Å². The van der Waals surface area contributed by atoms with Gasteiger partial charge in [0.15, 0.2) is 0 Å². The van der Waals surface area contributed by atoms with Crippen LogP contribution in [0.25, 0.3) is 0 Å². The van der Waals surface area contributed by atoms with Crippen LogP contribution in [0.2, 0.25) is 0 Å². The zero-order valence-corrected chi connectivity index (χ0v) is 17.8. The molecule has 1 atom stereocenters. The second kappa shape index (κ2) is 12.5. The van der Waals surface area contributed by atoms with Crippen LogP contribution >= 0.6 is 0 Å². The van der Waals surface area contributed by atoms with Crippen molar-refractivity contribution < 1.29 is 10.2 Å². The summed E-state index contributed by atoms with van der Waals surface area (Å²) in [6.45, 7) is 5.51. The lowest BCUT2D eigenvalue weighted by atomic mass is 10.0. The molecule has 1 heterocycles. The number of aliphatic hydroxyl groups is 2. The first-order valence-corrected chi connectivity index (χ1v) is 11.1. The van der Waals surface area contributed by atoms with E-state index in [1.807, 2.05) is 0 Å². The van der Waals surface area contributed by atoms with Gasteiger partial charge < -0.3 is 10.2 Å². The summed E-state index contributed by atoms with van der Waals surface area (Å²) in [5, 5.41) is 18.4. The van der Waals surface area contributed by atoms with Gasteiger partial charge in [0.1, 0.15) is 0 Å². The van der Waals surface area contributed by atoms with Gasteiger partial charge in [0.2, 0.25) is 0 Å². The molecule has 2 aromatic rings. The smallest absolute Gasteiger partial charge is 0.0540 e. The first kappa shape index (κ1) is 22.5. The number of hydrogen-bond acceptors (Lipinski definition) is 4. The normalized spacial score (nSPS) is 17.5. The minimum absolute atomic E-state index is 0.109. The van der Waals surface area contributed by atoms with Crippen LogP contribution in [-0.4, -0.2) is 65.4 Å². The molecule has 30 heavy (non-hydrogen) atoms. The Morgan fingerprint density at radius 2 is 1.70 bits per heavy atom. The van der Waals surface area contributed by atoms with E-state index in [1.54, 1.807) is 0 Å². The predicted octanol–water partition coefficient (Wildman–Crippen LogP) is 2.92. The molecule has 0 radical (unpaired) electrons. The summed E-state index contributed by atoms with van der Waals surface area (Å²) in [5.41, 5.74) is 3.69. The van der Waals surface area contributed by atoms with E-state index in [-0.39, 0.29) is 13.2 Å². The fourth-order valence-electron chi connectivity index (χ4n) is 4.12. The SMILES string of the molecule is OCCC#Cc1ccc(CN2CCN(CCCc3ccccc3)C(CCO)C2)cc1.